The first kappa shape index (κ1) is 22.7. The average Bonchev–Trinajstić information content (AvgIpc) is 2.49. The lowest BCUT2D eigenvalue weighted by atomic mass is 9.84. The largest absolute Gasteiger partial charge is 0.493 e. The number of rotatable bonds is 9. The van der Waals surface area contributed by atoms with Gasteiger partial charge in [-0.25, -0.2) is 0 Å². The maximum atomic E-state index is 11.8. The summed E-state index contributed by atoms with van der Waals surface area (Å²) in [7, 11) is 0. The minimum Gasteiger partial charge on any atom is -0.493 e. The van der Waals surface area contributed by atoms with Crippen molar-refractivity contribution in [2.45, 2.75) is 58.9 Å². The summed E-state index contributed by atoms with van der Waals surface area (Å²) in [6.45, 7) is 11.8. The van der Waals surface area contributed by atoms with Crippen LogP contribution in [0, 0.1) is 5.92 Å². The molecule has 0 saturated carbocycles. The van der Waals surface area contributed by atoms with Crippen molar-refractivity contribution in [3.63, 3.8) is 0 Å². The molecule has 5 heteroatoms. The number of hydrogen-bond acceptors (Lipinski definition) is 3. The summed E-state index contributed by atoms with van der Waals surface area (Å²) in [5, 5.41) is 3.01. The quantitative estimate of drug-likeness (QED) is 0.709. The van der Waals surface area contributed by atoms with Crippen molar-refractivity contribution in [2.75, 3.05) is 13.2 Å². The van der Waals surface area contributed by atoms with Crippen molar-refractivity contribution < 1.29 is 9.53 Å². The van der Waals surface area contributed by atoms with E-state index in [4.69, 9.17) is 10.5 Å². The molecular weight excluding hydrogens is 324 g/mol. The lowest BCUT2D eigenvalue weighted by Crippen LogP contribution is -2.37. The van der Waals surface area contributed by atoms with Gasteiger partial charge in [-0.3, -0.25) is 4.79 Å². The molecule has 0 aliphatic rings. The fraction of sp³-hybridized carbons (Fsp3) is 0.632. The van der Waals surface area contributed by atoms with Crippen LogP contribution in [0.2, 0.25) is 0 Å². The molecule has 0 radical (unpaired) electrons. The van der Waals surface area contributed by atoms with Crippen LogP contribution in [0.5, 0.6) is 5.75 Å². The lowest BCUT2D eigenvalue weighted by Gasteiger charge is -2.26. The molecule has 24 heavy (non-hydrogen) atoms. The first-order valence-electron chi connectivity index (χ1n) is 8.46. The Bertz CT molecular complexity index is 485. The van der Waals surface area contributed by atoms with Crippen molar-refractivity contribution in [2.24, 2.45) is 11.7 Å². The van der Waals surface area contributed by atoms with E-state index in [1.54, 1.807) is 0 Å². The molecule has 0 heterocycles. The van der Waals surface area contributed by atoms with E-state index in [1.165, 1.54) is 5.56 Å². The van der Waals surface area contributed by atoms with Crippen LogP contribution in [0.15, 0.2) is 24.3 Å². The Labute approximate surface area is 152 Å². The summed E-state index contributed by atoms with van der Waals surface area (Å²) < 4.78 is 5.71. The molecule has 0 aromatic heterocycles. The molecule has 1 unspecified atom stereocenters. The Balaban J connectivity index is 0.00000529. The number of carbonyl (C=O) groups is 1. The predicted molar refractivity (Wildman–Crippen MR) is 103 cm³/mol. The zero-order valence-electron chi connectivity index (χ0n) is 15.6. The average molecular weight is 357 g/mol. The van der Waals surface area contributed by atoms with Crippen LogP contribution >= 0.6 is 12.4 Å². The third kappa shape index (κ3) is 8.55. The van der Waals surface area contributed by atoms with Gasteiger partial charge in [0.25, 0.3) is 0 Å². The zero-order valence-corrected chi connectivity index (χ0v) is 16.4. The van der Waals surface area contributed by atoms with Gasteiger partial charge >= 0.3 is 0 Å². The number of hydrogen-bond donors (Lipinski definition) is 2. The summed E-state index contributed by atoms with van der Waals surface area (Å²) in [5.74, 6) is 1.46. The second-order valence-corrected chi connectivity index (χ2v) is 7.41. The third-order valence-electron chi connectivity index (χ3n) is 3.77. The van der Waals surface area contributed by atoms with Crippen LogP contribution < -0.4 is 15.8 Å². The van der Waals surface area contributed by atoms with E-state index in [0.717, 1.165) is 12.4 Å². The smallest absolute Gasteiger partial charge is 0.220 e. The summed E-state index contributed by atoms with van der Waals surface area (Å²) >= 11 is 0. The van der Waals surface area contributed by atoms with Crippen molar-refractivity contribution in [1.82, 2.24) is 5.32 Å². The fourth-order valence-electron chi connectivity index (χ4n) is 2.13. The Morgan fingerprint density at radius 1 is 1.21 bits per heavy atom. The minimum atomic E-state index is -0.124. The molecule has 4 nitrogen and oxygen atoms in total. The molecule has 3 N–H and O–H groups in total. The van der Waals surface area contributed by atoms with E-state index < -0.39 is 0 Å². The SMILES string of the molecule is CC(C)COc1ccc(C(C)(C)CNC(=O)CCC(C)N)cc1.Cl. The van der Waals surface area contributed by atoms with Gasteiger partial charge in [0.15, 0.2) is 0 Å². The molecule has 0 saturated heterocycles. The Hall–Kier alpha value is -1.26. The number of halogens is 1. The Kier molecular flexibility index (Phi) is 10.0. The molecule has 0 aliphatic carbocycles. The van der Waals surface area contributed by atoms with E-state index >= 15 is 0 Å². The van der Waals surface area contributed by atoms with Crippen molar-refractivity contribution >= 4 is 18.3 Å². The maximum absolute atomic E-state index is 11.8. The minimum absolute atomic E-state index is 0. The highest BCUT2D eigenvalue weighted by molar-refractivity contribution is 5.85. The highest BCUT2D eigenvalue weighted by atomic mass is 35.5. The van der Waals surface area contributed by atoms with Gasteiger partial charge < -0.3 is 15.8 Å². The summed E-state index contributed by atoms with van der Waals surface area (Å²) in [6, 6.07) is 8.20. The van der Waals surface area contributed by atoms with E-state index in [-0.39, 0.29) is 29.8 Å². The number of ether oxygens (including phenoxy) is 1. The third-order valence-corrected chi connectivity index (χ3v) is 3.77. The van der Waals surface area contributed by atoms with Crippen LogP contribution in [0.1, 0.15) is 53.0 Å². The molecule has 1 atom stereocenters. The number of carbonyl (C=O) groups excluding carboxylic acids is 1. The zero-order chi connectivity index (χ0) is 17.5. The second-order valence-electron chi connectivity index (χ2n) is 7.41. The molecule has 0 bridgehead atoms. The number of nitrogens with two attached hydrogens (primary N) is 1. The molecular formula is C19H33ClN2O2. The van der Waals surface area contributed by atoms with Gasteiger partial charge in [0, 0.05) is 24.4 Å². The molecule has 0 fully saturated rings. The predicted octanol–water partition coefficient (Wildman–Crippen LogP) is 3.66. The van der Waals surface area contributed by atoms with Crippen molar-refractivity contribution in [3.8, 4) is 5.75 Å². The van der Waals surface area contributed by atoms with E-state index in [9.17, 15) is 4.79 Å². The second kappa shape index (κ2) is 10.6. The fourth-order valence-corrected chi connectivity index (χ4v) is 2.13. The monoisotopic (exact) mass is 356 g/mol. The lowest BCUT2D eigenvalue weighted by molar-refractivity contribution is -0.121. The van der Waals surface area contributed by atoms with Gasteiger partial charge in [0.1, 0.15) is 5.75 Å². The number of nitrogens with one attached hydrogen (secondary N) is 1. The van der Waals surface area contributed by atoms with E-state index in [2.05, 4.69) is 45.1 Å². The summed E-state index contributed by atoms with van der Waals surface area (Å²) in [5.41, 5.74) is 6.74. The Morgan fingerprint density at radius 2 is 1.79 bits per heavy atom. The van der Waals surface area contributed by atoms with Crippen molar-refractivity contribution in [1.29, 1.82) is 0 Å². The summed E-state index contributed by atoms with van der Waals surface area (Å²) in [6.07, 6.45) is 1.20. The Morgan fingerprint density at radius 3 is 2.29 bits per heavy atom. The normalized spacial score (nSPS) is 12.5. The molecule has 1 rings (SSSR count). The summed E-state index contributed by atoms with van der Waals surface area (Å²) in [4.78, 5) is 11.8. The number of amides is 1. The highest BCUT2D eigenvalue weighted by Crippen LogP contribution is 2.25. The van der Waals surface area contributed by atoms with Gasteiger partial charge in [-0.2, -0.15) is 0 Å². The van der Waals surface area contributed by atoms with Gasteiger partial charge in [0.2, 0.25) is 5.91 Å². The number of benzene rings is 1. The van der Waals surface area contributed by atoms with Gasteiger partial charge in [0.05, 0.1) is 6.61 Å². The van der Waals surface area contributed by atoms with Crippen LogP contribution in [0.4, 0.5) is 0 Å². The van der Waals surface area contributed by atoms with Crippen molar-refractivity contribution in [3.05, 3.63) is 29.8 Å². The topological polar surface area (TPSA) is 64.3 Å². The molecule has 138 valence electrons. The van der Waals surface area contributed by atoms with E-state index in [1.807, 2.05) is 19.1 Å². The van der Waals surface area contributed by atoms with Gasteiger partial charge in [-0.05, 0) is 37.0 Å². The van der Waals surface area contributed by atoms with E-state index in [0.29, 0.717) is 25.3 Å². The highest BCUT2D eigenvalue weighted by Gasteiger charge is 2.21. The van der Waals surface area contributed by atoms with Crippen LogP contribution in [-0.2, 0) is 10.2 Å². The molecule has 0 aliphatic heterocycles. The molecule has 1 aromatic rings. The van der Waals surface area contributed by atoms with Crippen LogP contribution in [0.25, 0.3) is 0 Å². The first-order chi connectivity index (χ1) is 10.7. The van der Waals surface area contributed by atoms with Crippen LogP contribution in [0.3, 0.4) is 0 Å². The van der Waals surface area contributed by atoms with Gasteiger partial charge in [-0.15, -0.1) is 12.4 Å². The van der Waals surface area contributed by atoms with Gasteiger partial charge in [-0.1, -0.05) is 39.8 Å². The van der Waals surface area contributed by atoms with Crippen LogP contribution in [-0.4, -0.2) is 25.1 Å². The molecule has 0 spiro atoms. The molecule has 1 aromatic carbocycles. The maximum Gasteiger partial charge on any atom is 0.220 e. The molecule has 1 amide bonds. The first-order valence-corrected chi connectivity index (χ1v) is 8.46. The standard InChI is InChI=1S/C19H32N2O2.ClH/c1-14(2)12-23-17-9-7-16(8-10-17)19(4,5)13-21-18(22)11-6-15(3)20;/h7-10,14-15H,6,11-13,20H2,1-5H3,(H,21,22);1H.